The zero-order valence-electron chi connectivity index (χ0n) is 13.1. The Balaban J connectivity index is 1.68. The standard InChI is InChI=1S/C18H12Cl2N2O4/c19-13-8-12(9-14(20)16(13)23)22-17(24)10-3-5-11(6-4-10)21-18(25)15-2-1-7-26-15/h1-9,23H,(H,21,25)(H,22,24). The van der Waals surface area contributed by atoms with Crippen molar-refractivity contribution in [3.63, 3.8) is 0 Å². The quantitative estimate of drug-likeness (QED) is 0.558. The SMILES string of the molecule is O=C(Nc1cc(Cl)c(O)c(Cl)c1)c1ccc(NC(=O)c2ccco2)cc1. The molecule has 0 spiro atoms. The van der Waals surface area contributed by atoms with Gasteiger partial charge in [-0.25, -0.2) is 0 Å². The summed E-state index contributed by atoms with van der Waals surface area (Å²) in [5.74, 6) is -0.844. The lowest BCUT2D eigenvalue weighted by Gasteiger charge is -2.09. The zero-order valence-corrected chi connectivity index (χ0v) is 14.6. The number of hydrogen-bond acceptors (Lipinski definition) is 4. The van der Waals surface area contributed by atoms with E-state index in [2.05, 4.69) is 10.6 Å². The largest absolute Gasteiger partial charge is 0.505 e. The molecule has 0 aliphatic carbocycles. The molecule has 3 N–H and O–H groups in total. The Hall–Kier alpha value is -2.96. The molecular weight excluding hydrogens is 379 g/mol. The highest BCUT2D eigenvalue weighted by atomic mass is 35.5. The van der Waals surface area contributed by atoms with Crippen LogP contribution in [0.1, 0.15) is 20.9 Å². The van der Waals surface area contributed by atoms with E-state index in [0.717, 1.165) is 0 Å². The number of nitrogens with one attached hydrogen (secondary N) is 2. The summed E-state index contributed by atoms with van der Waals surface area (Å²) in [6.07, 6.45) is 1.41. The number of phenols is 1. The number of anilines is 2. The zero-order chi connectivity index (χ0) is 18.7. The Kier molecular flexibility index (Phi) is 5.16. The van der Waals surface area contributed by atoms with Crippen LogP contribution in [0.15, 0.2) is 59.2 Å². The molecule has 2 amide bonds. The third-order valence-corrected chi connectivity index (χ3v) is 4.00. The molecule has 0 aliphatic heterocycles. The Morgan fingerprint density at radius 3 is 2.08 bits per heavy atom. The molecule has 0 saturated carbocycles. The molecule has 3 aromatic rings. The van der Waals surface area contributed by atoms with Crippen molar-refractivity contribution in [3.8, 4) is 5.75 Å². The second kappa shape index (κ2) is 7.51. The fourth-order valence-corrected chi connectivity index (χ4v) is 2.63. The van der Waals surface area contributed by atoms with Gasteiger partial charge in [-0.2, -0.15) is 0 Å². The molecule has 2 aromatic carbocycles. The minimum atomic E-state index is -0.397. The first-order valence-electron chi connectivity index (χ1n) is 7.38. The Labute approximate surface area is 158 Å². The average molecular weight is 391 g/mol. The summed E-state index contributed by atoms with van der Waals surface area (Å²) in [6.45, 7) is 0. The minimum Gasteiger partial charge on any atom is -0.505 e. The lowest BCUT2D eigenvalue weighted by atomic mass is 10.2. The Morgan fingerprint density at radius 2 is 1.50 bits per heavy atom. The number of carbonyl (C=O) groups excluding carboxylic acids is 2. The topological polar surface area (TPSA) is 91.6 Å². The van der Waals surface area contributed by atoms with E-state index in [1.165, 1.54) is 18.4 Å². The summed E-state index contributed by atoms with van der Waals surface area (Å²) in [5, 5.41) is 14.9. The van der Waals surface area contributed by atoms with Gasteiger partial charge < -0.3 is 20.2 Å². The van der Waals surface area contributed by atoms with Gasteiger partial charge in [-0.3, -0.25) is 9.59 Å². The van der Waals surface area contributed by atoms with E-state index >= 15 is 0 Å². The van der Waals surface area contributed by atoms with Gasteiger partial charge in [0.05, 0.1) is 16.3 Å². The van der Waals surface area contributed by atoms with Gasteiger partial charge in [0.25, 0.3) is 11.8 Å². The van der Waals surface area contributed by atoms with Crippen LogP contribution in [0.5, 0.6) is 5.75 Å². The smallest absolute Gasteiger partial charge is 0.291 e. The van der Waals surface area contributed by atoms with Crippen LogP contribution in [0.25, 0.3) is 0 Å². The van der Waals surface area contributed by atoms with E-state index in [-0.39, 0.29) is 27.5 Å². The predicted octanol–water partition coefficient (Wildman–Crippen LogP) is 4.80. The van der Waals surface area contributed by atoms with Crippen molar-refractivity contribution >= 4 is 46.4 Å². The van der Waals surface area contributed by atoms with Gasteiger partial charge in [-0.15, -0.1) is 0 Å². The van der Waals surface area contributed by atoms with E-state index in [0.29, 0.717) is 16.9 Å². The van der Waals surface area contributed by atoms with Crippen LogP contribution >= 0.6 is 23.2 Å². The molecular formula is C18H12Cl2N2O4. The fourth-order valence-electron chi connectivity index (χ4n) is 2.15. The molecule has 132 valence electrons. The van der Waals surface area contributed by atoms with Crippen LogP contribution in [0, 0.1) is 0 Å². The molecule has 1 aromatic heterocycles. The highest BCUT2D eigenvalue weighted by molar-refractivity contribution is 6.37. The van der Waals surface area contributed by atoms with E-state index in [1.54, 1.807) is 36.4 Å². The third kappa shape index (κ3) is 3.99. The van der Waals surface area contributed by atoms with E-state index in [1.807, 2.05) is 0 Å². The highest BCUT2D eigenvalue weighted by Gasteiger charge is 2.12. The average Bonchev–Trinajstić information content (AvgIpc) is 3.15. The molecule has 0 aliphatic rings. The number of aromatic hydroxyl groups is 1. The van der Waals surface area contributed by atoms with Crippen molar-refractivity contribution in [1.82, 2.24) is 0 Å². The van der Waals surface area contributed by atoms with Gasteiger partial charge in [0, 0.05) is 16.9 Å². The molecule has 0 saturated heterocycles. The summed E-state index contributed by atoms with van der Waals surface area (Å²) >= 11 is 11.7. The molecule has 3 rings (SSSR count). The second-order valence-electron chi connectivity index (χ2n) is 5.25. The third-order valence-electron chi connectivity index (χ3n) is 3.42. The number of hydrogen-bond donors (Lipinski definition) is 3. The Bertz CT molecular complexity index is 931. The van der Waals surface area contributed by atoms with Crippen LogP contribution in [0.4, 0.5) is 11.4 Å². The van der Waals surface area contributed by atoms with Gasteiger partial charge in [0.15, 0.2) is 11.5 Å². The van der Waals surface area contributed by atoms with Gasteiger partial charge in [-0.05, 0) is 48.5 Å². The lowest BCUT2D eigenvalue weighted by molar-refractivity contribution is 0.0995. The van der Waals surface area contributed by atoms with Crippen LogP contribution in [-0.4, -0.2) is 16.9 Å². The maximum absolute atomic E-state index is 12.3. The maximum Gasteiger partial charge on any atom is 0.291 e. The highest BCUT2D eigenvalue weighted by Crippen LogP contribution is 2.34. The molecule has 6 nitrogen and oxygen atoms in total. The van der Waals surface area contributed by atoms with Crippen LogP contribution in [0.2, 0.25) is 10.0 Å². The van der Waals surface area contributed by atoms with Crippen molar-refractivity contribution in [2.45, 2.75) is 0 Å². The first kappa shape index (κ1) is 17.8. The van der Waals surface area contributed by atoms with E-state index in [4.69, 9.17) is 27.6 Å². The van der Waals surface area contributed by atoms with Crippen LogP contribution in [0.3, 0.4) is 0 Å². The number of rotatable bonds is 4. The summed E-state index contributed by atoms with van der Waals surface area (Å²) in [6, 6.07) is 12.2. The molecule has 8 heteroatoms. The summed E-state index contributed by atoms with van der Waals surface area (Å²) in [4.78, 5) is 24.2. The molecule has 0 radical (unpaired) electrons. The first-order chi connectivity index (χ1) is 12.4. The number of phenolic OH excluding ortho intramolecular Hbond substituents is 1. The summed E-state index contributed by atoms with van der Waals surface area (Å²) in [7, 11) is 0. The lowest BCUT2D eigenvalue weighted by Crippen LogP contribution is -2.13. The Morgan fingerprint density at radius 1 is 0.885 bits per heavy atom. The fraction of sp³-hybridized carbons (Fsp3) is 0. The predicted molar refractivity (Wildman–Crippen MR) is 99.2 cm³/mol. The molecule has 1 heterocycles. The van der Waals surface area contributed by atoms with E-state index < -0.39 is 5.91 Å². The summed E-state index contributed by atoms with van der Waals surface area (Å²) < 4.78 is 5.01. The van der Waals surface area contributed by atoms with Crippen molar-refractivity contribution in [2.24, 2.45) is 0 Å². The van der Waals surface area contributed by atoms with Crippen molar-refractivity contribution in [1.29, 1.82) is 0 Å². The molecule has 0 atom stereocenters. The summed E-state index contributed by atoms with van der Waals surface area (Å²) in [5.41, 5.74) is 1.22. The van der Waals surface area contributed by atoms with Crippen molar-refractivity contribution < 1.29 is 19.1 Å². The molecule has 0 bridgehead atoms. The van der Waals surface area contributed by atoms with Crippen LogP contribution in [-0.2, 0) is 0 Å². The normalized spacial score (nSPS) is 10.4. The van der Waals surface area contributed by atoms with Crippen LogP contribution < -0.4 is 10.6 Å². The number of amides is 2. The molecule has 0 fully saturated rings. The molecule has 0 unspecified atom stereocenters. The van der Waals surface area contributed by atoms with Gasteiger partial charge >= 0.3 is 0 Å². The molecule has 26 heavy (non-hydrogen) atoms. The van der Waals surface area contributed by atoms with Gasteiger partial charge in [-0.1, -0.05) is 23.2 Å². The minimum absolute atomic E-state index is 0.0313. The van der Waals surface area contributed by atoms with Gasteiger partial charge in [0.1, 0.15) is 0 Å². The number of carbonyl (C=O) groups is 2. The van der Waals surface area contributed by atoms with Crippen molar-refractivity contribution in [3.05, 3.63) is 76.2 Å². The first-order valence-corrected chi connectivity index (χ1v) is 8.14. The maximum atomic E-state index is 12.3. The second-order valence-corrected chi connectivity index (χ2v) is 6.07. The van der Waals surface area contributed by atoms with Gasteiger partial charge in [0.2, 0.25) is 0 Å². The van der Waals surface area contributed by atoms with E-state index in [9.17, 15) is 14.7 Å². The monoisotopic (exact) mass is 390 g/mol. The number of furan rings is 1. The number of halogens is 2. The van der Waals surface area contributed by atoms with Crippen molar-refractivity contribution in [2.75, 3.05) is 10.6 Å². The number of benzene rings is 2.